The van der Waals surface area contributed by atoms with E-state index in [4.69, 9.17) is 4.42 Å². The Morgan fingerprint density at radius 2 is 1.93 bits per heavy atom. The number of nitrogens with zero attached hydrogens (tertiary/aromatic N) is 5. The monoisotopic (exact) mass is 365 g/mol. The highest BCUT2D eigenvalue weighted by atomic mass is 16.3. The van der Waals surface area contributed by atoms with Crippen molar-refractivity contribution in [3.63, 3.8) is 0 Å². The minimum atomic E-state index is -0.0477. The van der Waals surface area contributed by atoms with E-state index >= 15 is 0 Å². The van der Waals surface area contributed by atoms with E-state index in [1.54, 1.807) is 29.2 Å². The number of oxazole rings is 1. The Morgan fingerprint density at radius 1 is 1.15 bits per heavy atom. The maximum atomic E-state index is 12.2. The number of aryl methyl sites for hydroxylation is 1. The molecule has 4 heterocycles. The van der Waals surface area contributed by atoms with Crippen LogP contribution in [0.15, 0.2) is 52.3 Å². The fraction of sp³-hybridized carbons (Fsp3) is 0.400. The summed E-state index contributed by atoms with van der Waals surface area (Å²) in [5.41, 5.74) is 2.73. The number of hydrogen-bond acceptors (Lipinski definition) is 6. The van der Waals surface area contributed by atoms with E-state index in [-0.39, 0.29) is 5.56 Å². The minimum absolute atomic E-state index is 0.0477. The van der Waals surface area contributed by atoms with E-state index in [2.05, 4.69) is 20.0 Å². The van der Waals surface area contributed by atoms with Crippen LogP contribution >= 0.6 is 0 Å². The standard InChI is InChI=1S/C20H23N5O2/c1-15-19(22-14-27-15)13-24-10-6-16(7-11-24)12-25-20(26)3-2-18(23-25)17-4-8-21-9-5-17/h2-5,8-9,14,16H,6-7,10-13H2,1H3. The number of aromatic nitrogens is 4. The summed E-state index contributed by atoms with van der Waals surface area (Å²) in [6, 6.07) is 7.19. The second-order valence-electron chi connectivity index (χ2n) is 7.05. The number of pyridine rings is 1. The molecule has 3 aromatic heterocycles. The van der Waals surface area contributed by atoms with Crippen molar-refractivity contribution in [3.05, 3.63) is 64.9 Å². The van der Waals surface area contributed by atoms with Gasteiger partial charge in [0.25, 0.3) is 5.56 Å². The summed E-state index contributed by atoms with van der Waals surface area (Å²) in [6.45, 7) is 5.42. The van der Waals surface area contributed by atoms with E-state index in [9.17, 15) is 4.79 Å². The molecule has 0 radical (unpaired) electrons. The fourth-order valence-electron chi connectivity index (χ4n) is 3.52. The lowest BCUT2D eigenvalue weighted by Crippen LogP contribution is -2.36. The first-order valence-corrected chi connectivity index (χ1v) is 9.29. The molecule has 3 aromatic rings. The fourth-order valence-corrected chi connectivity index (χ4v) is 3.52. The molecule has 27 heavy (non-hydrogen) atoms. The van der Waals surface area contributed by atoms with Crippen LogP contribution in [-0.2, 0) is 13.1 Å². The molecule has 4 rings (SSSR count). The van der Waals surface area contributed by atoms with Gasteiger partial charge in [-0.25, -0.2) is 9.67 Å². The molecular weight excluding hydrogens is 342 g/mol. The van der Waals surface area contributed by atoms with E-state index in [1.165, 1.54) is 6.39 Å². The van der Waals surface area contributed by atoms with Gasteiger partial charge in [-0.2, -0.15) is 5.10 Å². The molecule has 7 nitrogen and oxygen atoms in total. The molecule has 0 amide bonds. The van der Waals surface area contributed by atoms with Crippen LogP contribution in [0.3, 0.4) is 0 Å². The molecule has 140 valence electrons. The van der Waals surface area contributed by atoms with Gasteiger partial charge in [-0.05, 0) is 57.0 Å². The van der Waals surface area contributed by atoms with E-state index in [1.807, 2.05) is 19.1 Å². The summed E-state index contributed by atoms with van der Waals surface area (Å²) in [7, 11) is 0. The zero-order chi connectivity index (χ0) is 18.6. The van der Waals surface area contributed by atoms with Gasteiger partial charge in [0.15, 0.2) is 6.39 Å². The third-order valence-electron chi connectivity index (χ3n) is 5.20. The van der Waals surface area contributed by atoms with Gasteiger partial charge in [0.2, 0.25) is 0 Å². The molecule has 0 aromatic carbocycles. The Labute approximate surface area is 157 Å². The van der Waals surface area contributed by atoms with Crippen LogP contribution in [0, 0.1) is 12.8 Å². The number of rotatable bonds is 5. The van der Waals surface area contributed by atoms with Gasteiger partial charge in [0.05, 0.1) is 11.4 Å². The first kappa shape index (κ1) is 17.6. The smallest absolute Gasteiger partial charge is 0.266 e. The molecule has 1 aliphatic heterocycles. The lowest BCUT2D eigenvalue weighted by Gasteiger charge is -2.31. The van der Waals surface area contributed by atoms with Gasteiger partial charge in [-0.15, -0.1) is 0 Å². The summed E-state index contributed by atoms with van der Waals surface area (Å²) in [4.78, 5) is 23.0. The summed E-state index contributed by atoms with van der Waals surface area (Å²) >= 11 is 0. The lowest BCUT2D eigenvalue weighted by molar-refractivity contribution is 0.161. The van der Waals surface area contributed by atoms with Crippen LogP contribution in [0.2, 0.25) is 0 Å². The lowest BCUT2D eigenvalue weighted by atomic mass is 9.96. The SMILES string of the molecule is Cc1ocnc1CN1CCC(Cn2nc(-c3ccncc3)ccc2=O)CC1. The summed E-state index contributed by atoms with van der Waals surface area (Å²) in [5.74, 6) is 1.35. The number of piperidine rings is 1. The van der Waals surface area contributed by atoms with Gasteiger partial charge >= 0.3 is 0 Å². The third-order valence-corrected chi connectivity index (χ3v) is 5.20. The molecule has 7 heteroatoms. The maximum Gasteiger partial charge on any atom is 0.266 e. The predicted molar refractivity (Wildman–Crippen MR) is 101 cm³/mol. The van der Waals surface area contributed by atoms with Crippen molar-refractivity contribution in [2.24, 2.45) is 5.92 Å². The van der Waals surface area contributed by atoms with E-state index in [0.717, 1.165) is 55.2 Å². The second kappa shape index (κ2) is 7.84. The number of likely N-dealkylation sites (tertiary alicyclic amines) is 1. The summed E-state index contributed by atoms with van der Waals surface area (Å²) in [6.07, 6.45) is 7.07. The highest BCUT2D eigenvalue weighted by Gasteiger charge is 2.21. The maximum absolute atomic E-state index is 12.2. The average molecular weight is 365 g/mol. The Morgan fingerprint density at radius 3 is 2.63 bits per heavy atom. The van der Waals surface area contributed by atoms with Crippen molar-refractivity contribution in [1.82, 2.24) is 24.6 Å². The molecule has 1 aliphatic rings. The van der Waals surface area contributed by atoms with Gasteiger partial charge in [-0.1, -0.05) is 0 Å². The molecule has 0 saturated carbocycles. The highest BCUT2D eigenvalue weighted by Crippen LogP contribution is 2.21. The topological polar surface area (TPSA) is 77.1 Å². The van der Waals surface area contributed by atoms with Gasteiger partial charge in [0, 0.05) is 37.1 Å². The molecule has 0 aliphatic carbocycles. The van der Waals surface area contributed by atoms with Crippen molar-refractivity contribution >= 4 is 0 Å². The largest absolute Gasteiger partial charge is 0.448 e. The zero-order valence-corrected chi connectivity index (χ0v) is 15.4. The molecule has 0 spiro atoms. The third kappa shape index (κ3) is 4.14. The molecule has 1 saturated heterocycles. The Bertz CT molecular complexity index is 942. The van der Waals surface area contributed by atoms with E-state index < -0.39 is 0 Å². The normalized spacial score (nSPS) is 15.9. The quantitative estimate of drug-likeness (QED) is 0.691. The molecule has 0 atom stereocenters. The van der Waals surface area contributed by atoms with Crippen molar-refractivity contribution in [2.45, 2.75) is 32.9 Å². The van der Waals surface area contributed by atoms with Crippen LogP contribution in [0.4, 0.5) is 0 Å². The van der Waals surface area contributed by atoms with Gasteiger partial charge in [-0.3, -0.25) is 14.7 Å². The Balaban J connectivity index is 1.39. The van der Waals surface area contributed by atoms with Gasteiger partial charge < -0.3 is 4.42 Å². The average Bonchev–Trinajstić information content (AvgIpc) is 3.10. The van der Waals surface area contributed by atoms with E-state index in [0.29, 0.717) is 12.5 Å². The summed E-state index contributed by atoms with van der Waals surface area (Å²) in [5, 5.41) is 4.57. The van der Waals surface area contributed by atoms with Crippen molar-refractivity contribution < 1.29 is 4.42 Å². The van der Waals surface area contributed by atoms with Crippen LogP contribution < -0.4 is 5.56 Å². The van der Waals surface area contributed by atoms with Crippen molar-refractivity contribution in [2.75, 3.05) is 13.1 Å². The van der Waals surface area contributed by atoms with Crippen LogP contribution in [0.5, 0.6) is 0 Å². The van der Waals surface area contributed by atoms with Gasteiger partial charge in [0.1, 0.15) is 5.76 Å². The molecular formula is C20H23N5O2. The van der Waals surface area contributed by atoms with Crippen LogP contribution in [0.25, 0.3) is 11.3 Å². The zero-order valence-electron chi connectivity index (χ0n) is 15.4. The first-order chi connectivity index (χ1) is 13.2. The second-order valence-corrected chi connectivity index (χ2v) is 7.05. The number of hydrogen-bond donors (Lipinski definition) is 0. The Kier molecular flexibility index (Phi) is 5.11. The van der Waals surface area contributed by atoms with Crippen LogP contribution in [0.1, 0.15) is 24.3 Å². The summed E-state index contributed by atoms with van der Waals surface area (Å²) < 4.78 is 6.89. The minimum Gasteiger partial charge on any atom is -0.448 e. The molecule has 0 N–H and O–H groups in total. The molecule has 1 fully saturated rings. The molecule has 0 unspecified atom stereocenters. The van der Waals surface area contributed by atoms with Crippen LogP contribution in [-0.4, -0.2) is 37.7 Å². The Hall–Kier alpha value is -2.80. The van der Waals surface area contributed by atoms with Crippen molar-refractivity contribution in [3.8, 4) is 11.3 Å². The first-order valence-electron chi connectivity index (χ1n) is 9.29. The van der Waals surface area contributed by atoms with Crippen molar-refractivity contribution in [1.29, 1.82) is 0 Å². The molecule has 0 bridgehead atoms. The highest BCUT2D eigenvalue weighted by molar-refractivity contribution is 5.56. The predicted octanol–water partition coefficient (Wildman–Crippen LogP) is 2.51.